The minimum absolute atomic E-state index is 0.495. The van der Waals surface area contributed by atoms with E-state index >= 15 is 0 Å². The summed E-state index contributed by atoms with van der Waals surface area (Å²) in [6.45, 7) is 8.39. The molecule has 0 rings (SSSR count). The molecule has 2 atom stereocenters. The highest BCUT2D eigenvalue weighted by molar-refractivity contribution is 5.64. The molecule has 1 nitrogen and oxygen atoms in total. The molecule has 0 radical (unpaired) electrons. The second-order valence-electron chi connectivity index (χ2n) is 4.72. The lowest BCUT2D eigenvalue weighted by Gasteiger charge is -2.21. The summed E-state index contributed by atoms with van der Waals surface area (Å²) in [5, 5.41) is 0. The fraction of sp³-hybridized carbons (Fsp3) is 0.688. The highest BCUT2D eigenvalue weighted by Crippen LogP contribution is 2.26. The number of carbonyl (C=O) groups is 1. The van der Waals surface area contributed by atoms with Crippen molar-refractivity contribution >= 4 is 6.29 Å². The van der Waals surface area contributed by atoms with Crippen molar-refractivity contribution in [3.8, 4) is 0 Å². The van der Waals surface area contributed by atoms with Gasteiger partial charge in [0, 0.05) is 0 Å². The molecule has 0 bridgehead atoms. The lowest BCUT2D eigenvalue weighted by Crippen LogP contribution is -2.10. The first-order chi connectivity index (χ1) is 8.29. The van der Waals surface area contributed by atoms with Gasteiger partial charge in [-0.05, 0) is 30.8 Å². The van der Waals surface area contributed by atoms with Crippen LogP contribution in [0.4, 0.5) is 0 Å². The third-order valence-corrected chi connectivity index (χ3v) is 3.32. The van der Waals surface area contributed by atoms with E-state index in [0.717, 1.165) is 6.29 Å². The SMILES string of the molecule is C=CC(CCCCC)C(/C=C/C=O)CCCC. The summed E-state index contributed by atoms with van der Waals surface area (Å²) in [5.41, 5.74) is 0. The molecule has 0 aromatic heterocycles. The van der Waals surface area contributed by atoms with Crippen molar-refractivity contribution in [2.75, 3.05) is 0 Å². The van der Waals surface area contributed by atoms with Crippen LogP contribution in [0.25, 0.3) is 0 Å². The number of unbranched alkanes of at least 4 members (excludes halogenated alkanes) is 3. The van der Waals surface area contributed by atoms with Crippen LogP contribution < -0.4 is 0 Å². The van der Waals surface area contributed by atoms with E-state index in [9.17, 15) is 4.79 Å². The first-order valence-electron chi connectivity index (χ1n) is 7.04. The summed E-state index contributed by atoms with van der Waals surface area (Å²) in [4.78, 5) is 10.4. The third-order valence-electron chi connectivity index (χ3n) is 3.32. The Morgan fingerprint density at radius 1 is 1.00 bits per heavy atom. The molecular weight excluding hydrogens is 208 g/mol. The number of carbonyl (C=O) groups excluding carboxylic acids is 1. The van der Waals surface area contributed by atoms with Gasteiger partial charge in [0.25, 0.3) is 0 Å². The maximum atomic E-state index is 10.4. The summed E-state index contributed by atoms with van der Waals surface area (Å²) >= 11 is 0. The Balaban J connectivity index is 4.31. The minimum Gasteiger partial charge on any atom is -0.299 e. The number of hydrogen-bond acceptors (Lipinski definition) is 1. The molecule has 0 saturated carbocycles. The van der Waals surface area contributed by atoms with E-state index in [1.54, 1.807) is 6.08 Å². The first kappa shape index (κ1) is 16.1. The van der Waals surface area contributed by atoms with E-state index in [2.05, 4.69) is 32.6 Å². The van der Waals surface area contributed by atoms with E-state index in [1.165, 1.54) is 44.9 Å². The van der Waals surface area contributed by atoms with Crippen LogP contribution in [0.5, 0.6) is 0 Å². The van der Waals surface area contributed by atoms with Gasteiger partial charge < -0.3 is 0 Å². The van der Waals surface area contributed by atoms with Crippen molar-refractivity contribution in [3.05, 3.63) is 24.8 Å². The van der Waals surface area contributed by atoms with Crippen molar-refractivity contribution < 1.29 is 4.79 Å². The van der Waals surface area contributed by atoms with Gasteiger partial charge in [-0.15, -0.1) is 6.58 Å². The number of allylic oxidation sites excluding steroid dienone is 3. The van der Waals surface area contributed by atoms with E-state index in [0.29, 0.717) is 11.8 Å². The van der Waals surface area contributed by atoms with Gasteiger partial charge in [-0.1, -0.05) is 58.1 Å². The summed E-state index contributed by atoms with van der Waals surface area (Å²) < 4.78 is 0. The maximum absolute atomic E-state index is 10.4. The van der Waals surface area contributed by atoms with Gasteiger partial charge in [-0.3, -0.25) is 4.79 Å². The minimum atomic E-state index is 0.495. The Morgan fingerprint density at radius 3 is 2.18 bits per heavy atom. The quantitative estimate of drug-likeness (QED) is 0.215. The highest BCUT2D eigenvalue weighted by Gasteiger charge is 2.15. The smallest absolute Gasteiger partial charge is 0.142 e. The third kappa shape index (κ3) is 7.95. The average Bonchev–Trinajstić information content (AvgIpc) is 2.36. The summed E-state index contributed by atoms with van der Waals surface area (Å²) in [6, 6.07) is 0. The molecule has 1 heteroatoms. The molecule has 0 aromatic carbocycles. The van der Waals surface area contributed by atoms with E-state index in [1.807, 2.05) is 0 Å². The van der Waals surface area contributed by atoms with E-state index in [4.69, 9.17) is 0 Å². The van der Waals surface area contributed by atoms with Crippen molar-refractivity contribution in [3.63, 3.8) is 0 Å². The van der Waals surface area contributed by atoms with Crippen LogP contribution in [-0.4, -0.2) is 6.29 Å². The van der Waals surface area contributed by atoms with Crippen molar-refractivity contribution in [2.45, 2.75) is 58.8 Å². The van der Waals surface area contributed by atoms with Crippen molar-refractivity contribution in [1.82, 2.24) is 0 Å². The van der Waals surface area contributed by atoms with Crippen LogP contribution in [0.3, 0.4) is 0 Å². The normalized spacial score (nSPS) is 14.7. The molecule has 0 fully saturated rings. The van der Waals surface area contributed by atoms with Crippen LogP contribution >= 0.6 is 0 Å². The van der Waals surface area contributed by atoms with Gasteiger partial charge in [0.05, 0.1) is 0 Å². The fourth-order valence-electron chi connectivity index (χ4n) is 2.22. The van der Waals surface area contributed by atoms with E-state index in [-0.39, 0.29) is 0 Å². The van der Waals surface area contributed by atoms with Crippen LogP contribution in [0.15, 0.2) is 24.8 Å². The predicted octanol–water partition coefficient (Wildman–Crippen LogP) is 4.93. The largest absolute Gasteiger partial charge is 0.299 e. The van der Waals surface area contributed by atoms with Gasteiger partial charge in [-0.25, -0.2) is 0 Å². The number of rotatable bonds is 11. The molecule has 0 N–H and O–H groups in total. The molecule has 98 valence electrons. The van der Waals surface area contributed by atoms with Gasteiger partial charge in [0.2, 0.25) is 0 Å². The second kappa shape index (κ2) is 11.6. The Bertz CT molecular complexity index is 218. The predicted molar refractivity (Wildman–Crippen MR) is 76.0 cm³/mol. The zero-order valence-electron chi connectivity index (χ0n) is 11.5. The van der Waals surface area contributed by atoms with Crippen molar-refractivity contribution in [1.29, 1.82) is 0 Å². The lowest BCUT2D eigenvalue weighted by atomic mass is 9.84. The monoisotopic (exact) mass is 236 g/mol. The molecule has 0 saturated heterocycles. The fourth-order valence-corrected chi connectivity index (χ4v) is 2.22. The van der Waals surface area contributed by atoms with E-state index < -0.39 is 0 Å². The second-order valence-corrected chi connectivity index (χ2v) is 4.72. The molecule has 2 unspecified atom stereocenters. The van der Waals surface area contributed by atoms with Gasteiger partial charge in [0.1, 0.15) is 6.29 Å². The highest BCUT2D eigenvalue weighted by atomic mass is 16.1. The molecular formula is C16H28O. The summed E-state index contributed by atoms with van der Waals surface area (Å²) in [6.07, 6.45) is 15.3. The Morgan fingerprint density at radius 2 is 1.65 bits per heavy atom. The lowest BCUT2D eigenvalue weighted by molar-refractivity contribution is -0.104. The number of aldehydes is 1. The molecule has 0 aliphatic heterocycles. The van der Waals surface area contributed by atoms with Crippen LogP contribution in [0.1, 0.15) is 58.8 Å². The summed E-state index contributed by atoms with van der Waals surface area (Å²) in [7, 11) is 0. The molecule has 0 aliphatic rings. The van der Waals surface area contributed by atoms with Gasteiger partial charge in [-0.2, -0.15) is 0 Å². The molecule has 0 aromatic rings. The Hall–Kier alpha value is -0.850. The topological polar surface area (TPSA) is 17.1 Å². The summed E-state index contributed by atoms with van der Waals surface area (Å²) in [5.74, 6) is 1.03. The Kier molecular flexibility index (Phi) is 11.0. The van der Waals surface area contributed by atoms with Crippen LogP contribution in [-0.2, 0) is 4.79 Å². The van der Waals surface area contributed by atoms with Gasteiger partial charge >= 0.3 is 0 Å². The zero-order chi connectivity index (χ0) is 12.9. The molecule has 0 spiro atoms. The maximum Gasteiger partial charge on any atom is 0.142 e. The molecule has 0 aliphatic carbocycles. The van der Waals surface area contributed by atoms with Crippen LogP contribution in [0, 0.1) is 11.8 Å². The molecule has 17 heavy (non-hydrogen) atoms. The first-order valence-corrected chi connectivity index (χ1v) is 7.04. The van der Waals surface area contributed by atoms with Crippen molar-refractivity contribution in [2.24, 2.45) is 11.8 Å². The average molecular weight is 236 g/mol. The zero-order valence-corrected chi connectivity index (χ0v) is 11.5. The van der Waals surface area contributed by atoms with Gasteiger partial charge in [0.15, 0.2) is 0 Å². The number of hydrogen-bond donors (Lipinski definition) is 0. The molecule has 0 amide bonds. The van der Waals surface area contributed by atoms with Crippen LogP contribution in [0.2, 0.25) is 0 Å². The Labute approximate surface area is 107 Å². The molecule has 0 heterocycles. The standard InChI is InChI=1S/C16H28O/c1-4-7-9-12-15(6-3)16(11-8-5-2)13-10-14-17/h6,10,13-16H,3-5,7-9,11-12H2,1-2H3/b13-10+.